The zero-order valence-electron chi connectivity index (χ0n) is 17.7. The second-order valence-electron chi connectivity index (χ2n) is 7.19. The summed E-state index contributed by atoms with van der Waals surface area (Å²) < 4.78 is 60.6. The molecular weight excluding hydrogens is 547 g/mol. The highest BCUT2D eigenvalue weighted by Crippen LogP contribution is 2.30. The number of anilines is 2. The molecule has 1 aliphatic rings. The number of halogens is 4. The number of carbonyl (C=O) groups is 2. The van der Waals surface area contributed by atoms with Crippen LogP contribution >= 0.6 is 15.9 Å². The molecule has 0 unspecified atom stereocenters. The first-order chi connectivity index (χ1) is 15.7. The Balaban J connectivity index is 0.000000509. The highest BCUT2D eigenvalue weighted by Gasteiger charge is 2.38. The molecule has 1 heterocycles. The lowest BCUT2D eigenvalue weighted by Crippen LogP contribution is -2.44. The van der Waals surface area contributed by atoms with Gasteiger partial charge in [-0.15, -0.1) is 0 Å². The Hall–Kier alpha value is -2.84. The van der Waals surface area contributed by atoms with Gasteiger partial charge in [0.15, 0.2) is 0 Å². The van der Waals surface area contributed by atoms with E-state index in [2.05, 4.69) is 30.5 Å². The van der Waals surface area contributed by atoms with Crippen LogP contribution in [-0.2, 0) is 14.8 Å². The van der Waals surface area contributed by atoms with E-state index in [9.17, 15) is 31.5 Å². The number of benzene rings is 2. The van der Waals surface area contributed by atoms with Crippen LogP contribution in [0.2, 0.25) is 0 Å². The van der Waals surface area contributed by atoms with Crippen molar-refractivity contribution in [1.29, 1.82) is 0 Å². The number of likely N-dealkylation sites (N-methyl/N-ethyl adjacent to an activating group) is 1. The zero-order chi connectivity index (χ0) is 25.7. The number of carboxylic acids is 2. The third-order valence-corrected chi connectivity index (χ3v) is 6.61. The van der Waals surface area contributed by atoms with Crippen LogP contribution in [0, 0.1) is 0 Å². The molecule has 0 aliphatic carbocycles. The van der Waals surface area contributed by atoms with Crippen LogP contribution in [0.25, 0.3) is 0 Å². The Morgan fingerprint density at radius 1 is 1.00 bits per heavy atom. The summed E-state index contributed by atoms with van der Waals surface area (Å²) in [5, 5.41) is 16.4. The molecule has 2 aromatic rings. The van der Waals surface area contributed by atoms with Gasteiger partial charge in [-0.05, 0) is 49.5 Å². The zero-order valence-corrected chi connectivity index (χ0v) is 20.1. The monoisotopic (exact) mass is 567 g/mol. The van der Waals surface area contributed by atoms with Crippen LogP contribution in [0.1, 0.15) is 10.4 Å². The Bertz CT molecular complexity index is 1140. The molecular formula is C20H21BrF3N3O6S. The number of aromatic carboxylic acids is 1. The number of aliphatic carboxylic acids is 1. The van der Waals surface area contributed by atoms with Gasteiger partial charge in [-0.3, -0.25) is 4.72 Å². The number of piperazine rings is 1. The minimum absolute atomic E-state index is 0.0291. The molecule has 0 aromatic heterocycles. The first-order valence-electron chi connectivity index (χ1n) is 9.60. The lowest BCUT2D eigenvalue weighted by atomic mass is 10.1. The molecule has 0 radical (unpaired) electrons. The molecule has 0 saturated carbocycles. The van der Waals surface area contributed by atoms with Crippen molar-refractivity contribution in [1.82, 2.24) is 4.90 Å². The fourth-order valence-electron chi connectivity index (χ4n) is 2.89. The number of sulfonamides is 1. The largest absolute Gasteiger partial charge is 0.490 e. The molecule has 0 amide bonds. The van der Waals surface area contributed by atoms with Gasteiger partial charge in [0, 0.05) is 30.7 Å². The maximum atomic E-state index is 12.8. The molecule has 1 saturated heterocycles. The molecule has 1 aliphatic heterocycles. The van der Waals surface area contributed by atoms with Gasteiger partial charge in [0.05, 0.1) is 21.8 Å². The SMILES string of the molecule is CN1CCN(c2ccc(C(=O)O)cc2NS(=O)(=O)c2ccc(Br)cc2)CC1.O=C(O)C(F)(F)F. The predicted octanol–water partition coefficient (Wildman–Crippen LogP) is 3.33. The Morgan fingerprint density at radius 3 is 2.00 bits per heavy atom. The lowest BCUT2D eigenvalue weighted by Gasteiger charge is -2.35. The van der Waals surface area contributed by atoms with Gasteiger partial charge in [0.25, 0.3) is 10.0 Å². The van der Waals surface area contributed by atoms with Crippen molar-refractivity contribution in [2.24, 2.45) is 0 Å². The molecule has 0 bridgehead atoms. The standard InChI is InChI=1S/C18H20BrN3O4S.C2HF3O2/c1-21-8-10-22(11-9-21)17-7-2-13(18(23)24)12-16(17)20-27(25,26)15-5-3-14(19)4-6-15;3-2(4,5)1(6)7/h2-7,12,20H,8-11H2,1H3,(H,23,24);(H,6,7). The van der Waals surface area contributed by atoms with Crippen LogP contribution in [0.4, 0.5) is 24.5 Å². The van der Waals surface area contributed by atoms with Crippen molar-refractivity contribution in [3.05, 3.63) is 52.5 Å². The number of rotatable bonds is 5. The van der Waals surface area contributed by atoms with Gasteiger partial charge >= 0.3 is 18.1 Å². The van der Waals surface area contributed by atoms with E-state index in [1.807, 2.05) is 7.05 Å². The Kier molecular flexibility index (Phi) is 8.91. The highest BCUT2D eigenvalue weighted by atomic mass is 79.9. The molecule has 34 heavy (non-hydrogen) atoms. The van der Waals surface area contributed by atoms with Crippen molar-refractivity contribution < 1.29 is 41.4 Å². The fourth-order valence-corrected chi connectivity index (χ4v) is 4.22. The van der Waals surface area contributed by atoms with Crippen molar-refractivity contribution in [2.45, 2.75) is 11.1 Å². The van der Waals surface area contributed by atoms with Gasteiger partial charge in [-0.2, -0.15) is 13.2 Å². The van der Waals surface area contributed by atoms with Crippen LogP contribution in [0.15, 0.2) is 51.8 Å². The van der Waals surface area contributed by atoms with E-state index in [0.29, 0.717) is 5.69 Å². The summed E-state index contributed by atoms with van der Waals surface area (Å²) in [6, 6.07) is 10.8. The normalized spacial score (nSPS) is 14.7. The smallest absolute Gasteiger partial charge is 0.478 e. The van der Waals surface area contributed by atoms with Crippen LogP contribution in [-0.4, -0.2) is 74.9 Å². The van der Waals surface area contributed by atoms with Crippen LogP contribution in [0.5, 0.6) is 0 Å². The average Bonchev–Trinajstić information content (AvgIpc) is 2.74. The third kappa shape index (κ3) is 7.60. The molecule has 0 spiro atoms. The number of hydrogen-bond donors (Lipinski definition) is 3. The second-order valence-corrected chi connectivity index (χ2v) is 9.79. The van der Waals surface area contributed by atoms with Gasteiger partial charge < -0.3 is 20.0 Å². The fraction of sp³-hybridized carbons (Fsp3) is 0.300. The molecule has 186 valence electrons. The van der Waals surface area contributed by atoms with Crippen molar-refractivity contribution >= 4 is 49.3 Å². The quantitative estimate of drug-likeness (QED) is 0.502. The number of hydrogen-bond acceptors (Lipinski definition) is 6. The van der Waals surface area contributed by atoms with Gasteiger partial charge in [0.1, 0.15) is 0 Å². The summed E-state index contributed by atoms with van der Waals surface area (Å²) in [7, 11) is -1.82. The van der Waals surface area contributed by atoms with Gasteiger partial charge in [-0.1, -0.05) is 15.9 Å². The van der Waals surface area contributed by atoms with Gasteiger partial charge in [-0.25, -0.2) is 18.0 Å². The Labute approximate surface area is 202 Å². The van der Waals surface area contributed by atoms with Crippen molar-refractivity contribution in [3.8, 4) is 0 Å². The number of alkyl halides is 3. The van der Waals surface area contributed by atoms with E-state index in [-0.39, 0.29) is 16.1 Å². The topological polar surface area (TPSA) is 127 Å². The average molecular weight is 568 g/mol. The molecule has 1 fully saturated rings. The minimum atomic E-state index is -5.08. The van der Waals surface area contributed by atoms with Crippen LogP contribution in [0.3, 0.4) is 0 Å². The number of carboxylic acid groups (broad SMARTS) is 2. The molecule has 2 aromatic carbocycles. The molecule has 3 rings (SSSR count). The van der Waals surface area contributed by atoms with E-state index >= 15 is 0 Å². The first kappa shape index (κ1) is 27.4. The number of nitrogens with zero attached hydrogens (tertiary/aromatic N) is 2. The first-order valence-corrected chi connectivity index (χ1v) is 11.9. The van der Waals surface area contributed by atoms with Crippen molar-refractivity contribution in [3.63, 3.8) is 0 Å². The summed E-state index contributed by atoms with van der Waals surface area (Å²) in [5.41, 5.74) is 0.970. The second kappa shape index (κ2) is 11.1. The van der Waals surface area contributed by atoms with E-state index < -0.39 is 28.1 Å². The van der Waals surface area contributed by atoms with Gasteiger partial charge in [0.2, 0.25) is 0 Å². The molecule has 9 nitrogen and oxygen atoms in total. The maximum Gasteiger partial charge on any atom is 0.490 e. The minimum Gasteiger partial charge on any atom is -0.478 e. The Morgan fingerprint density at radius 2 is 1.53 bits per heavy atom. The summed E-state index contributed by atoms with van der Waals surface area (Å²) in [5.74, 6) is -3.86. The summed E-state index contributed by atoms with van der Waals surface area (Å²) in [6.45, 7) is 3.16. The molecule has 14 heteroatoms. The van der Waals surface area contributed by atoms with Crippen LogP contribution < -0.4 is 9.62 Å². The van der Waals surface area contributed by atoms with E-state index in [1.165, 1.54) is 24.3 Å². The van der Waals surface area contributed by atoms with E-state index in [0.717, 1.165) is 30.7 Å². The highest BCUT2D eigenvalue weighted by molar-refractivity contribution is 9.10. The number of nitrogens with one attached hydrogen (secondary N) is 1. The predicted molar refractivity (Wildman–Crippen MR) is 122 cm³/mol. The molecule has 0 atom stereocenters. The third-order valence-electron chi connectivity index (χ3n) is 4.70. The van der Waals surface area contributed by atoms with E-state index in [4.69, 9.17) is 9.90 Å². The summed E-state index contributed by atoms with van der Waals surface area (Å²) in [4.78, 5) is 24.6. The summed E-state index contributed by atoms with van der Waals surface area (Å²) in [6.07, 6.45) is -5.08. The van der Waals surface area contributed by atoms with Crippen molar-refractivity contribution in [2.75, 3.05) is 42.8 Å². The lowest BCUT2D eigenvalue weighted by molar-refractivity contribution is -0.192. The molecule has 3 N–H and O–H groups in total. The maximum absolute atomic E-state index is 12.8. The summed E-state index contributed by atoms with van der Waals surface area (Å²) >= 11 is 3.28. The van der Waals surface area contributed by atoms with E-state index in [1.54, 1.807) is 18.2 Å².